The molecule has 0 radical (unpaired) electrons. The lowest BCUT2D eigenvalue weighted by Gasteiger charge is -2.10. The van der Waals surface area contributed by atoms with E-state index in [1.807, 2.05) is 0 Å². The Morgan fingerprint density at radius 3 is 2.64 bits per heavy atom. The summed E-state index contributed by atoms with van der Waals surface area (Å²) < 4.78 is 27.6. The Morgan fingerprint density at radius 2 is 2.09 bits per heavy atom. The summed E-state index contributed by atoms with van der Waals surface area (Å²) in [5.74, 6) is -0.893. The molecule has 0 saturated carbocycles. The summed E-state index contributed by atoms with van der Waals surface area (Å²) in [6.07, 6.45) is 0. The van der Waals surface area contributed by atoms with Gasteiger partial charge in [-0.25, -0.2) is 13.6 Å². The third kappa shape index (κ3) is 5.54. The SMILES string of the molecule is COc1ccc(S(N)(=O)=O)cc1C(=O)NCCSCC(=O)O. The van der Waals surface area contributed by atoms with Gasteiger partial charge in [-0.15, -0.1) is 11.8 Å². The molecule has 0 atom stereocenters. The molecule has 0 spiro atoms. The van der Waals surface area contributed by atoms with E-state index in [2.05, 4.69) is 5.32 Å². The van der Waals surface area contributed by atoms with Gasteiger partial charge < -0.3 is 15.2 Å². The van der Waals surface area contributed by atoms with Crippen LogP contribution in [0.2, 0.25) is 0 Å². The molecule has 0 fully saturated rings. The van der Waals surface area contributed by atoms with Gasteiger partial charge in [-0.1, -0.05) is 0 Å². The smallest absolute Gasteiger partial charge is 0.313 e. The average molecular weight is 348 g/mol. The van der Waals surface area contributed by atoms with Crippen molar-refractivity contribution in [1.29, 1.82) is 0 Å². The highest BCUT2D eigenvalue weighted by molar-refractivity contribution is 7.99. The minimum absolute atomic E-state index is 0.0391. The number of nitrogens with one attached hydrogen (secondary N) is 1. The van der Waals surface area contributed by atoms with Crippen LogP contribution < -0.4 is 15.2 Å². The number of primary sulfonamides is 1. The number of hydrogen-bond donors (Lipinski definition) is 3. The van der Waals surface area contributed by atoms with Crippen LogP contribution in [0.1, 0.15) is 10.4 Å². The van der Waals surface area contributed by atoms with Crippen LogP contribution in [0.3, 0.4) is 0 Å². The molecule has 0 aliphatic rings. The Bertz CT molecular complexity index is 660. The Kier molecular flexibility index (Phi) is 6.65. The summed E-state index contributed by atoms with van der Waals surface area (Å²) >= 11 is 1.15. The van der Waals surface area contributed by atoms with Gasteiger partial charge in [0.1, 0.15) is 5.75 Å². The number of carboxylic acids is 1. The van der Waals surface area contributed by atoms with Crippen LogP contribution in [0, 0.1) is 0 Å². The van der Waals surface area contributed by atoms with Gasteiger partial charge in [0, 0.05) is 12.3 Å². The molecule has 0 heterocycles. The first kappa shape index (κ1) is 18.3. The maximum atomic E-state index is 12.0. The van der Waals surface area contributed by atoms with E-state index in [1.54, 1.807) is 0 Å². The largest absolute Gasteiger partial charge is 0.496 e. The number of thioether (sulfide) groups is 1. The Balaban J connectivity index is 2.77. The van der Waals surface area contributed by atoms with Crippen molar-refractivity contribution < 1.29 is 27.9 Å². The van der Waals surface area contributed by atoms with Gasteiger partial charge in [-0.05, 0) is 18.2 Å². The van der Waals surface area contributed by atoms with Gasteiger partial charge in [0.15, 0.2) is 0 Å². The highest BCUT2D eigenvalue weighted by Crippen LogP contribution is 2.21. The molecule has 0 aliphatic carbocycles. The summed E-state index contributed by atoms with van der Waals surface area (Å²) in [6, 6.07) is 3.72. The van der Waals surface area contributed by atoms with Crippen molar-refractivity contribution >= 4 is 33.7 Å². The first-order valence-electron chi connectivity index (χ1n) is 6.04. The predicted molar refractivity (Wildman–Crippen MR) is 81.7 cm³/mol. The monoisotopic (exact) mass is 348 g/mol. The molecular weight excluding hydrogens is 332 g/mol. The number of nitrogens with two attached hydrogens (primary N) is 1. The van der Waals surface area contributed by atoms with Crippen molar-refractivity contribution in [1.82, 2.24) is 5.32 Å². The van der Waals surface area contributed by atoms with Crippen LogP contribution >= 0.6 is 11.8 Å². The van der Waals surface area contributed by atoms with E-state index < -0.39 is 21.9 Å². The van der Waals surface area contributed by atoms with Gasteiger partial charge in [0.2, 0.25) is 10.0 Å². The van der Waals surface area contributed by atoms with Gasteiger partial charge in [-0.2, -0.15) is 0 Å². The number of methoxy groups -OCH3 is 1. The third-order valence-corrected chi connectivity index (χ3v) is 4.36. The summed E-state index contributed by atoms with van der Waals surface area (Å²) in [7, 11) is -2.57. The number of hydrogen-bond acceptors (Lipinski definition) is 6. The number of carboxylic acid groups (broad SMARTS) is 1. The molecule has 0 saturated heterocycles. The van der Waals surface area contributed by atoms with Crippen molar-refractivity contribution in [2.45, 2.75) is 4.90 Å². The molecule has 0 unspecified atom stereocenters. The average Bonchev–Trinajstić information content (AvgIpc) is 2.44. The van der Waals surface area contributed by atoms with Crippen LogP contribution in [0.4, 0.5) is 0 Å². The standard InChI is InChI=1S/C12H16N2O6S2/c1-20-10-3-2-8(22(13,18)19)6-9(10)12(17)14-4-5-21-7-11(15)16/h2-3,6H,4-5,7H2,1H3,(H,14,17)(H,15,16)(H2,13,18,19). The summed E-state index contributed by atoms with van der Waals surface area (Å²) in [5, 5.41) is 16.1. The van der Waals surface area contributed by atoms with Crippen LogP contribution in [0.5, 0.6) is 5.75 Å². The highest BCUT2D eigenvalue weighted by atomic mass is 32.2. The summed E-state index contributed by atoms with van der Waals surface area (Å²) in [6.45, 7) is 0.236. The topological polar surface area (TPSA) is 136 Å². The molecule has 8 nitrogen and oxygen atoms in total. The molecule has 1 rings (SSSR count). The zero-order chi connectivity index (χ0) is 16.8. The number of benzene rings is 1. The Labute approximate surface area is 132 Å². The molecule has 0 aliphatic heterocycles. The second-order valence-electron chi connectivity index (χ2n) is 4.11. The number of rotatable bonds is 8. The van der Waals surface area contributed by atoms with Crippen molar-refractivity contribution in [3.05, 3.63) is 23.8 Å². The first-order chi connectivity index (χ1) is 10.3. The van der Waals surface area contributed by atoms with Crippen molar-refractivity contribution in [2.75, 3.05) is 25.2 Å². The fraction of sp³-hybridized carbons (Fsp3) is 0.333. The predicted octanol–water partition coefficient (Wildman–Crippen LogP) is -0.110. The van der Waals surface area contributed by atoms with Crippen molar-refractivity contribution in [3.63, 3.8) is 0 Å². The van der Waals surface area contributed by atoms with Gasteiger partial charge >= 0.3 is 5.97 Å². The van der Waals surface area contributed by atoms with Crippen molar-refractivity contribution in [2.24, 2.45) is 5.14 Å². The van der Waals surface area contributed by atoms with E-state index in [1.165, 1.54) is 19.2 Å². The lowest BCUT2D eigenvalue weighted by molar-refractivity contribution is -0.133. The molecule has 122 valence electrons. The molecule has 0 bridgehead atoms. The Hall–Kier alpha value is -1.78. The molecule has 22 heavy (non-hydrogen) atoms. The lowest BCUT2D eigenvalue weighted by Crippen LogP contribution is -2.27. The molecule has 1 amide bonds. The second kappa shape index (κ2) is 8.01. The third-order valence-electron chi connectivity index (χ3n) is 2.50. The van der Waals surface area contributed by atoms with E-state index in [4.69, 9.17) is 15.0 Å². The molecule has 4 N–H and O–H groups in total. The Morgan fingerprint density at radius 1 is 1.41 bits per heavy atom. The number of amides is 1. The fourth-order valence-electron chi connectivity index (χ4n) is 1.53. The number of sulfonamides is 1. The van der Waals surface area contributed by atoms with Crippen LogP contribution in [0.15, 0.2) is 23.1 Å². The van der Waals surface area contributed by atoms with Crippen LogP contribution in [0.25, 0.3) is 0 Å². The highest BCUT2D eigenvalue weighted by Gasteiger charge is 2.17. The van der Waals surface area contributed by atoms with Gasteiger partial charge in [-0.3, -0.25) is 9.59 Å². The van der Waals surface area contributed by atoms with E-state index in [-0.39, 0.29) is 28.5 Å². The number of carbonyl (C=O) groups is 2. The van der Waals surface area contributed by atoms with E-state index in [9.17, 15) is 18.0 Å². The normalized spacial score (nSPS) is 11.0. The summed E-state index contributed by atoms with van der Waals surface area (Å²) in [5.41, 5.74) is 0.0391. The molecule has 1 aromatic carbocycles. The fourth-order valence-corrected chi connectivity index (χ4v) is 2.64. The maximum absolute atomic E-state index is 12.0. The number of aliphatic carboxylic acids is 1. The van der Waals surface area contributed by atoms with Crippen LogP contribution in [-0.2, 0) is 14.8 Å². The first-order valence-corrected chi connectivity index (χ1v) is 8.74. The lowest BCUT2D eigenvalue weighted by atomic mass is 10.2. The van der Waals surface area contributed by atoms with E-state index in [0.717, 1.165) is 17.8 Å². The van der Waals surface area contributed by atoms with Crippen LogP contribution in [-0.4, -0.2) is 50.6 Å². The minimum atomic E-state index is -3.93. The van der Waals surface area contributed by atoms with Crippen molar-refractivity contribution in [3.8, 4) is 5.75 Å². The molecule has 10 heteroatoms. The zero-order valence-corrected chi connectivity index (χ0v) is 13.4. The van der Waals surface area contributed by atoms with E-state index >= 15 is 0 Å². The molecule has 1 aromatic rings. The second-order valence-corrected chi connectivity index (χ2v) is 6.78. The van der Waals surface area contributed by atoms with Gasteiger partial charge in [0.25, 0.3) is 5.91 Å². The number of ether oxygens (including phenoxy) is 1. The number of carbonyl (C=O) groups excluding carboxylic acids is 1. The maximum Gasteiger partial charge on any atom is 0.313 e. The molecular formula is C12H16N2O6S2. The zero-order valence-electron chi connectivity index (χ0n) is 11.7. The summed E-state index contributed by atoms with van der Waals surface area (Å²) in [4.78, 5) is 22.2. The minimum Gasteiger partial charge on any atom is -0.496 e. The quantitative estimate of drug-likeness (QED) is 0.558. The van der Waals surface area contributed by atoms with E-state index in [0.29, 0.717) is 5.75 Å². The van der Waals surface area contributed by atoms with Gasteiger partial charge in [0.05, 0.1) is 23.3 Å². The molecule has 0 aromatic heterocycles.